The Hall–Kier alpha value is -1.24. The lowest BCUT2D eigenvalue weighted by Crippen LogP contribution is -2.33. The van der Waals surface area contributed by atoms with Gasteiger partial charge < -0.3 is 15.4 Å². The Labute approximate surface area is 119 Å². The van der Waals surface area contributed by atoms with Crippen molar-refractivity contribution in [1.82, 2.24) is 19.8 Å². The maximum Gasteiger partial charge on any atom is 0.149 e. The molecule has 2 N–H and O–H groups in total. The van der Waals surface area contributed by atoms with Gasteiger partial charge in [-0.2, -0.15) is 0 Å². The van der Waals surface area contributed by atoms with Crippen LogP contribution in [0.2, 0.25) is 0 Å². The second kappa shape index (κ2) is 5.63. The average Bonchev–Trinajstić information content (AvgIpc) is 2.60. The van der Waals surface area contributed by atoms with Crippen LogP contribution in [0, 0.1) is 0 Å². The Kier molecular flexibility index (Phi) is 3.87. The Morgan fingerprint density at radius 1 is 1.25 bits per heavy atom. The van der Waals surface area contributed by atoms with Crippen molar-refractivity contribution in [3.05, 3.63) is 17.1 Å². The quantitative estimate of drug-likeness (QED) is 0.803. The van der Waals surface area contributed by atoms with E-state index in [2.05, 4.69) is 28.9 Å². The predicted molar refractivity (Wildman–Crippen MR) is 77.3 cm³/mol. The molecule has 0 radical (unpaired) electrons. The van der Waals surface area contributed by atoms with Crippen molar-refractivity contribution in [3.63, 3.8) is 0 Å². The van der Waals surface area contributed by atoms with Crippen LogP contribution in [0.15, 0.2) is 0 Å². The minimum absolute atomic E-state index is 0.220. The fourth-order valence-electron chi connectivity index (χ4n) is 2.98. The van der Waals surface area contributed by atoms with E-state index in [0.29, 0.717) is 12.4 Å². The van der Waals surface area contributed by atoms with Crippen LogP contribution in [0.3, 0.4) is 0 Å². The smallest absolute Gasteiger partial charge is 0.149 e. The first-order valence-corrected chi connectivity index (χ1v) is 7.27. The Bertz CT molecular complexity index is 493. The van der Waals surface area contributed by atoms with Gasteiger partial charge in [0, 0.05) is 18.5 Å². The number of nitrogens with zero attached hydrogens (tertiary/aromatic N) is 4. The van der Waals surface area contributed by atoms with Gasteiger partial charge >= 0.3 is 0 Å². The van der Waals surface area contributed by atoms with E-state index < -0.39 is 0 Å². The van der Waals surface area contributed by atoms with E-state index in [1.807, 2.05) is 0 Å². The van der Waals surface area contributed by atoms with Crippen molar-refractivity contribution in [2.24, 2.45) is 0 Å². The van der Waals surface area contributed by atoms with Crippen molar-refractivity contribution in [2.45, 2.75) is 25.5 Å². The Morgan fingerprint density at radius 3 is 2.95 bits per heavy atom. The minimum atomic E-state index is 0.220. The zero-order chi connectivity index (χ0) is 14.1. The van der Waals surface area contributed by atoms with Gasteiger partial charge in [-0.15, -0.1) is 0 Å². The molecule has 6 nitrogen and oxygen atoms in total. The Balaban J connectivity index is 1.94. The van der Waals surface area contributed by atoms with Crippen LogP contribution < -0.4 is 5.73 Å². The van der Waals surface area contributed by atoms with Crippen LogP contribution in [0.1, 0.15) is 29.5 Å². The molecule has 20 heavy (non-hydrogen) atoms. The van der Waals surface area contributed by atoms with Gasteiger partial charge in [0.25, 0.3) is 0 Å². The summed E-state index contributed by atoms with van der Waals surface area (Å²) in [5.74, 6) is 1.45. The van der Waals surface area contributed by atoms with Gasteiger partial charge in [0.2, 0.25) is 0 Å². The molecule has 1 aromatic heterocycles. The number of nitrogen functional groups attached to an aromatic ring is 1. The van der Waals surface area contributed by atoms with Gasteiger partial charge in [-0.25, -0.2) is 9.97 Å². The highest BCUT2D eigenvalue weighted by Gasteiger charge is 2.26. The highest BCUT2D eigenvalue weighted by molar-refractivity contribution is 5.43. The second-order valence-corrected chi connectivity index (χ2v) is 5.81. The standard InChI is InChI=1S/C14H23N5O/c1-18-5-3-6-19(2)12(8-18)14-16-11-4-7-20-9-10(11)13(15)17-14/h12H,3-9H2,1-2H3,(H2,15,16,17). The number of likely N-dealkylation sites (N-methyl/N-ethyl adjacent to an activating group) is 2. The molecule has 3 heterocycles. The molecule has 0 amide bonds. The summed E-state index contributed by atoms with van der Waals surface area (Å²) in [5, 5.41) is 0. The van der Waals surface area contributed by atoms with Crippen LogP contribution in [0.4, 0.5) is 5.82 Å². The van der Waals surface area contributed by atoms with Crippen molar-refractivity contribution in [1.29, 1.82) is 0 Å². The molecule has 1 saturated heterocycles. The average molecular weight is 277 g/mol. The molecular weight excluding hydrogens is 254 g/mol. The highest BCUT2D eigenvalue weighted by Crippen LogP contribution is 2.25. The van der Waals surface area contributed by atoms with Crippen LogP contribution in [-0.2, 0) is 17.8 Å². The van der Waals surface area contributed by atoms with Crippen molar-refractivity contribution in [2.75, 3.05) is 46.1 Å². The van der Waals surface area contributed by atoms with Gasteiger partial charge in [0.05, 0.1) is 24.9 Å². The summed E-state index contributed by atoms with van der Waals surface area (Å²) >= 11 is 0. The molecule has 0 spiro atoms. The van der Waals surface area contributed by atoms with E-state index in [-0.39, 0.29) is 6.04 Å². The van der Waals surface area contributed by atoms with E-state index in [1.165, 1.54) is 6.42 Å². The first-order valence-electron chi connectivity index (χ1n) is 7.27. The Morgan fingerprint density at radius 2 is 2.10 bits per heavy atom. The molecule has 0 aromatic carbocycles. The SMILES string of the molecule is CN1CCCN(C)C(c2nc(N)c3c(n2)CCOC3)C1. The summed E-state index contributed by atoms with van der Waals surface area (Å²) in [7, 11) is 4.30. The molecule has 1 unspecified atom stereocenters. The third-order valence-electron chi connectivity index (χ3n) is 4.24. The van der Waals surface area contributed by atoms with E-state index in [9.17, 15) is 0 Å². The van der Waals surface area contributed by atoms with Crippen molar-refractivity contribution in [3.8, 4) is 0 Å². The van der Waals surface area contributed by atoms with Gasteiger partial charge in [0.15, 0.2) is 0 Å². The third-order valence-corrected chi connectivity index (χ3v) is 4.24. The summed E-state index contributed by atoms with van der Waals surface area (Å²) in [4.78, 5) is 14.0. The van der Waals surface area contributed by atoms with Crippen LogP contribution in [0.25, 0.3) is 0 Å². The molecule has 3 rings (SSSR count). The summed E-state index contributed by atoms with van der Waals surface area (Å²) in [6, 6.07) is 0.220. The molecule has 110 valence electrons. The molecule has 6 heteroatoms. The normalized spacial score (nSPS) is 25.2. The predicted octanol–water partition coefficient (Wildman–Crippen LogP) is 0.440. The fourth-order valence-corrected chi connectivity index (χ4v) is 2.98. The molecule has 2 aliphatic heterocycles. The van der Waals surface area contributed by atoms with Gasteiger partial charge in [0.1, 0.15) is 11.6 Å². The lowest BCUT2D eigenvalue weighted by atomic mass is 10.1. The summed E-state index contributed by atoms with van der Waals surface area (Å²) in [6.07, 6.45) is 2.01. The highest BCUT2D eigenvalue weighted by atomic mass is 16.5. The monoisotopic (exact) mass is 277 g/mol. The van der Waals surface area contributed by atoms with Crippen LogP contribution in [-0.4, -0.2) is 60.1 Å². The maximum atomic E-state index is 6.10. The number of nitrogens with two attached hydrogens (primary N) is 1. The van der Waals surface area contributed by atoms with Gasteiger partial charge in [-0.05, 0) is 33.6 Å². The topological polar surface area (TPSA) is 67.5 Å². The van der Waals surface area contributed by atoms with Crippen LogP contribution in [0.5, 0.6) is 0 Å². The number of anilines is 1. The lowest BCUT2D eigenvalue weighted by Gasteiger charge is -2.27. The molecule has 0 saturated carbocycles. The number of ether oxygens (including phenoxy) is 1. The molecule has 1 aromatic rings. The largest absolute Gasteiger partial charge is 0.383 e. The summed E-state index contributed by atoms with van der Waals surface area (Å²) < 4.78 is 5.44. The molecule has 1 atom stereocenters. The zero-order valence-electron chi connectivity index (χ0n) is 12.3. The molecule has 0 aliphatic carbocycles. The van der Waals surface area contributed by atoms with Crippen molar-refractivity contribution < 1.29 is 4.74 Å². The summed E-state index contributed by atoms with van der Waals surface area (Å²) in [6.45, 7) is 4.41. The molecular formula is C14H23N5O. The minimum Gasteiger partial charge on any atom is -0.383 e. The van der Waals surface area contributed by atoms with E-state index in [0.717, 1.165) is 49.7 Å². The molecule has 0 bridgehead atoms. The number of hydrogen-bond donors (Lipinski definition) is 1. The number of rotatable bonds is 1. The maximum absolute atomic E-state index is 6.10. The number of hydrogen-bond acceptors (Lipinski definition) is 6. The molecule has 2 aliphatic rings. The first-order chi connectivity index (χ1) is 9.65. The summed E-state index contributed by atoms with van der Waals surface area (Å²) in [5.41, 5.74) is 8.15. The van der Waals surface area contributed by atoms with Gasteiger partial charge in [-0.3, -0.25) is 4.90 Å². The lowest BCUT2D eigenvalue weighted by molar-refractivity contribution is 0.109. The fraction of sp³-hybridized carbons (Fsp3) is 0.714. The van der Waals surface area contributed by atoms with E-state index in [1.54, 1.807) is 0 Å². The number of aromatic nitrogens is 2. The van der Waals surface area contributed by atoms with E-state index >= 15 is 0 Å². The van der Waals surface area contributed by atoms with Crippen LogP contribution >= 0.6 is 0 Å². The van der Waals surface area contributed by atoms with E-state index in [4.69, 9.17) is 15.5 Å². The molecule has 1 fully saturated rings. The second-order valence-electron chi connectivity index (χ2n) is 5.81. The number of fused-ring (bicyclic) bond motifs is 1. The van der Waals surface area contributed by atoms with Gasteiger partial charge in [-0.1, -0.05) is 0 Å². The van der Waals surface area contributed by atoms with Crippen molar-refractivity contribution >= 4 is 5.82 Å². The zero-order valence-corrected chi connectivity index (χ0v) is 12.3. The third kappa shape index (κ3) is 2.63. The first kappa shape index (κ1) is 13.7.